The van der Waals surface area contributed by atoms with Crippen molar-refractivity contribution in [2.75, 3.05) is 5.32 Å². The summed E-state index contributed by atoms with van der Waals surface area (Å²) in [5.74, 6) is -0.552. The first-order valence-corrected chi connectivity index (χ1v) is 5.35. The molecular weight excluding hydrogens is 243 g/mol. The zero-order valence-corrected chi connectivity index (χ0v) is 9.58. The third-order valence-electron chi connectivity index (χ3n) is 2.17. The summed E-state index contributed by atoms with van der Waals surface area (Å²) in [7, 11) is 0. The number of hydrogen-bond donors (Lipinski definition) is 2. The molecule has 1 aromatic heterocycles. The van der Waals surface area contributed by atoms with E-state index in [-0.39, 0.29) is 5.75 Å². The van der Waals surface area contributed by atoms with Crippen LogP contribution in [0.2, 0.25) is 5.15 Å². The molecule has 1 aromatic carbocycles. The van der Waals surface area contributed by atoms with E-state index >= 15 is 0 Å². The normalized spacial score (nSPS) is 10.2. The van der Waals surface area contributed by atoms with Crippen LogP contribution in [0.5, 0.6) is 5.75 Å². The number of halogens is 2. The number of nitrogens with zero attached hydrogens (tertiary/aromatic N) is 1. The monoisotopic (exact) mass is 252 g/mol. The Kier molecular flexibility index (Phi) is 3.44. The van der Waals surface area contributed by atoms with E-state index < -0.39 is 5.82 Å². The van der Waals surface area contributed by atoms with Crippen molar-refractivity contribution in [3.63, 3.8) is 0 Å². The molecule has 1 heterocycles. The Balaban J connectivity index is 2.07. The Labute approximate surface area is 103 Å². The molecule has 17 heavy (non-hydrogen) atoms. The molecule has 0 radical (unpaired) electrons. The van der Waals surface area contributed by atoms with E-state index in [1.807, 2.05) is 0 Å². The number of rotatable bonds is 3. The summed E-state index contributed by atoms with van der Waals surface area (Å²) in [4.78, 5) is 3.85. The number of phenolic OH excluding ortho intramolecular Hbond substituents is 1. The second-order valence-corrected chi connectivity index (χ2v) is 3.93. The van der Waals surface area contributed by atoms with E-state index in [0.717, 1.165) is 11.8 Å². The standard InChI is InChI=1S/C12H10ClFN2O/c13-12-6-10(1-2-15-12)16-7-8-3-9(14)5-11(17)4-8/h1-6,17H,7H2,(H,15,16). The zero-order chi connectivity index (χ0) is 12.3. The SMILES string of the molecule is Oc1cc(F)cc(CNc2ccnc(Cl)c2)c1. The summed E-state index contributed by atoms with van der Waals surface area (Å²) < 4.78 is 13.0. The van der Waals surface area contributed by atoms with Gasteiger partial charge in [-0.25, -0.2) is 9.37 Å². The minimum atomic E-state index is -0.463. The summed E-state index contributed by atoms with van der Waals surface area (Å²) in [6.45, 7) is 0.395. The largest absolute Gasteiger partial charge is 0.508 e. The van der Waals surface area contributed by atoms with Gasteiger partial charge < -0.3 is 10.4 Å². The number of anilines is 1. The maximum Gasteiger partial charge on any atom is 0.131 e. The first-order valence-electron chi connectivity index (χ1n) is 4.97. The molecule has 5 heteroatoms. The van der Waals surface area contributed by atoms with Crippen molar-refractivity contribution in [1.82, 2.24) is 4.98 Å². The molecule has 0 saturated carbocycles. The van der Waals surface area contributed by atoms with E-state index in [1.165, 1.54) is 12.1 Å². The Hall–Kier alpha value is -1.81. The second-order valence-electron chi connectivity index (χ2n) is 3.54. The quantitative estimate of drug-likeness (QED) is 0.825. The Morgan fingerprint density at radius 3 is 2.82 bits per heavy atom. The van der Waals surface area contributed by atoms with Crippen LogP contribution in [0.25, 0.3) is 0 Å². The van der Waals surface area contributed by atoms with Gasteiger partial charge >= 0.3 is 0 Å². The minimum Gasteiger partial charge on any atom is -0.508 e. The molecular formula is C12H10ClFN2O. The van der Waals surface area contributed by atoms with E-state index in [1.54, 1.807) is 18.3 Å². The third kappa shape index (κ3) is 3.32. The number of aromatic nitrogens is 1. The van der Waals surface area contributed by atoms with E-state index in [2.05, 4.69) is 10.3 Å². The lowest BCUT2D eigenvalue weighted by molar-refractivity contribution is 0.468. The fourth-order valence-corrected chi connectivity index (χ4v) is 1.63. The van der Waals surface area contributed by atoms with Gasteiger partial charge in [0.15, 0.2) is 0 Å². The molecule has 0 saturated heterocycles. The molecule has 2 N–H and O–H groups in total. The molecule has 3 nitrogen and oxygen atoms in total. The Bertz CT molecular complexity index is 513. The van der Waals surface area contributed by atoms with Crippen molar-refractivity contribution in [1.29, 1.82) is 0 Å². The lowest BCUT2D eigenvalue weighted by Crippen LogP contribution is -1.99. The topological polar surface area (TPSA) is 45.1 Å². The molecule has 0 bridgehead atoms. The van der Waals surface area contributed by atoms with Crippen molar-refractivity contribution in [2.45, 2.75) is 6.54 Å². The number of pyridine rings is 1. The predicted octanol–water partition coefficient (Wildman–Crippen LogP) is 3.19. The minimum absolute atomic E-state index is 0.0884. The molecule has 0 aliphatic carbocycles. The van der Waals surface area contributed by atoms with Crippen LogP contribution in [0.4, 0.5) is 10.1 Å². The van der Waals surface area contributed by atoms with Crippen LogP contribution in [-0.2, 0) is 6.54 Å². The number of nitrogens with one attached hydrogen (secondary N) is 1. The van der Waals surface area contributed by atoms with Gasteiger partial charge in [-0.3, -0.25) is 0 Å². The average Bonchev–Trinajstić information content (AvgIpc) is 2.25. The highest BCUT2D eigenvalue weighted by Gasteiger charge is 2.00. The van der Waals surface area contributed by atoms with Crippen LogP contribution in [0.1, 0.15) is 5.56 Å². The summed E-state index contributed by atoms with van der Waals surface area (Å²) in [5.41, 5.74) is 1.43. The number of hydrogen-bond acceptors (Lipinski definition) is 3. The van der Waals surface area contributed by atoms with E-state index in [0.29, 0.717) is 17.3 Å². The summed E-state index contributed by atoms with van der Waals surface area (Å²) in [6, 6.07) is 7.34. The third-order valence-corrected chi connectivity index (χ3v) is 2.37. The highest BCUT2D eigenvalue weighted by molar-refractivity contribution is 6.29. The maximum atomic E-state index is 13.0. The summed E-state index contributed by atoms with van der Waals surface area (Å²) in [5, 5.41) is 12.7. The lowest BCUT2D eigenvalue weighted by Gasteiger charge is -2.07. The molecule has 2 aromatic rings. The van der Waals surface area contributed by atoms with Crippen LogP contribution in [0.15, 0.2) is 36.5 Å². The molecule has 0 aliphatic rings. The van der Waals surface area contributed by atoms with Crippen LogP contribution in [0, 0.1) is 5.82 Å². The van der Waals surface area contributed by atoms with Gasteiger partial charge in [-0.15, -0.1) is 0 Å². The second kappa shape index (κ2) is 5.01. The van der Waals surface area contributed by atoms with Crippen molar-refractivity contribution in [3.05, 3.63) is 53.1 Å². The summed E-state index contributed by atoms with van der Waals surface area (Å²) >= 11 is 5.73. The van der Waals surface area contributed by atoms with Gasteiger partial charge in [-0.05, 0) is 29.8 Å². The van der Waals surface area contributed by atoms with Gasteiger partial charge in [-0.2, -0.15) is 0 Å². The molecule has 0 atom stereocenters. The van der Waals surface area contributed by atoms with Gasteiger partial charge in [0.25, 0.3) is 0 Å². The number of benzene rings is 1. The molecule has 88 valence electrons. The van der Waals surface area contributed by atoms with Crippen LogP contribution in [-0.4, -0.2) is 10.1 Å². The maximum absolute atomic E-state index is 13.0. The first-order chi connectivity index (χ1) is 8.13. The molecule has 0 unspecified atom stereocenters. The molecule has 0 amide bonds. The first kappa shape index (κ1) is 11.7. The molecule has 0 spiro atoms. The zero-order valence-electron chi connectivity index (χ0n) is 8.82. The Morgan fingerprint density at radius 1 is 1.29 bits per heavy atom. The lowest BCUT2D eigenvalue weighted by atomic mass is 10.2. The van der Waals surface area contributed by atoms with Gasteiger partial charge in [0.2, 0.25) is 0 Å². The summed E-state index contributed by atoms with van der Waals surface area (Å²) in [6.07, 6.45) is 1.58. The molecule has 2 rings (SSSR count). The Morgan fingerprint density at radius 2 is 2.12 bits per heavy atom. The fourth-order valence-electron chi connectivity index (χ4n) is 1.45. The smallest absolute Gasteiger partial charge is 0.131 e. The van der Waals surface area contributed by atoms with Crippen molar-refractivity contribution in [3.8, 4) is 5.75 Å². The average molecular weight is 253 g/mol. The highest BCUT2D eigenvalue weighted by atomic mass is 35.5. The van der Waals surface area contributed by atoms with Gasteiger partial charge in [0.05, 0.1) is 0 Å². The fraction of sp³-hybridized carbons (Fsp3) is 0.0833. The van der Waals surface area contributed by atoms with Crippen LogP contribution >= 0.6 is 11.6 Å². The molecule has 0 fully saturated rings. The van der Waals surface area contributed by atoms with E-state index in [9.17, 15) is 9.50 Å². The van der Waals surface area contributed by atoms with E-state index in [4.69, 9.17) is 11.6 Å². The van der Waals surface area contributed by atoms with Crippen LogP contribution in [0.3, 0.4) is 0 Å². The van der Waals surface area contributed by atoms with Gasteiger partial charge in [-0.1, -0.05) is 11.6 Å². The van der Waals surface area contributed by atoms with Gasteiger partial charge in [0.1, 0.15) is 16.7 Å². The van der Waals surface area contributed by atoms with Crippen molar-refractivity contribution in [2.24, 2.45) is 0 Å². The number of aromatic hydroxyl groups is 1. The highest BCUT2D eigenvalue weighted by Crippen LogP contribution is 2.17. The van der Waals surface area contributed by atoms with Crippen molar-refractivity contribution >= 4 is 17.3 Å². The van der Waals surface area contributed by atoms with Crippen molar-refractivity contribution < 1.29 is 9.50 Å². The molecule has 0 aliphatic heterocycles. The van der Waals surface area contributed by atoms with Crippen LogP contribution < -0.4 is 5.32 Å². The number of phenols is 1. The van der Waals surface area contributed by atoms with Gasteiger partial charge in [0, 0.05) is 24.5 Å². The predicted molar refractivity (Wildman–Crippen MR) is 64.6 cm³/mol.